The normalized spacial score (nSPS) is 13.8. The van der Waals surface area contributed by atoms with Gasteiger partial charge in [0.15, 0.2) is 5.65 Å². The fourth-order valence-electron chi connectivity index (χ4n) is 1.94. The van der Waals surface area contributed by atoms with Gasteiger partial charge in [-0.25, -0.2) is 9.36 Å². The first-order chi connectivity index (χ1) is 9.28. The molecule has 1 unspecified atom stereocenters. The van der Waals surface area contributed by atoms with Crippen LogP contribution in [-0.2, 0) is 13.6 Å². The summed E-state index contributed by atoms with van der Waals surface area (Å²) >= 11 is 0. The standard InChI is InChI=1S/C13H22N6O/c1-9(6-14-13(2,3)4)8-19-12(20)10-7-15-18(5)11(10)16-17-19/h7,9,14H,6,8H2,1-5H3. The molecule has 0 radical (unpaired) electrons. The van der Waals surface area contributed by atoms with Gasteiger partial charge in [0.1, 0.15) is 5.39 Å². The Morgan fingerprint density at radius 2 is 2.10 bits per heavy atom. The van der Waals surface area contributed by atoms with Crippen molar-refractivity contribution in [3.63, 3.8) is 0 Å². The predicted octanol–water partition coefficient (Wildman–Crippen LogP) is 0.549. The van der Waals surface area contributed by atoms with Crippen LogP contribution in [0.2, 0.25) is 0 Å². The zero-order chi connectivity index (χ0) is 14.9. The van der Waals surface area contributed by atoms with Gasteiger partial charge in [0.25, 0.3) is 5.56 Å². The molecule has 0 amide bonds. The quantitative estimate of drug-likeness (QED) is 0.883. The third-order valence-electron chi connectivity index (χ3n) is 3.09. The largest absolute Gasteiger partial charge is 0.312 e. The first-order valence-electron chi connectivity index (χ1n) is 6.78. The molecule has 2 aromatic rings. The molecule has 0 bridgehead atoms. The molecule has 2 aromatic heterocycles. The summed E-state index contributed by atoms with van der Waals surface area (Å²) in [5.74, 6) is 0.287. The Morgan fingerprint density at radius 1 is 1.40 bits per heavy atom. The van der Waals surface area contributed by atoms with Crippen LogP contribution >= 0.6 is 0 Å². The molecule has 0 spiro atoms. The Balaban J connectivity index is 2.14. The molecule has 20 heavy (non-hydrogen) atoms. The highest BCUT2D eigenvalue weighted by Gasteiger charge is 2.14. The Morgan fingerprint density at radius 3 is 2.75 bits per heavy atom. The summed E-state index contributed by atoms with van der Waals surface area (Å²) in [4.78, 5) is 12.3. The Bertz CT molecular complexity index is 651. The number of fused-ring (bicyclic) bond motifs is 1. The van der Waals surface area contributed by atoms with Gasteiger partial charge in [0.05, 0.1) is 12.7 Å². The third-order valence-corrected chi connectivity index (χ3v) is 3.09. The molecule has 0 fully saturated rings. The van der Waals surface area contributed by atoms with Gasteiger partial charge >= 0.3 is 0 Å². The number of hydrogen-bond acceptors (Lipinski definition) is 5. The Labute approximate surface area is 118 Å². The maximum Gasteiger partial charge on any atom is 0.280 e. The van der Waals surface area contributed by atoms with E-state index in [4.69, 9.17) is 0 Å². The molecule has 1 N–H and O–H groups in total. The summed E-state index contributed by atoms with van der Waals surface area (Å²) < 4.78 is 2.97. The fourth-order valence-corrected chi connectivity index (χ4v) is 1.94. The molecule has 0 aliphatic carbocycles. The van der Waals surface area contributed by atoms with E-state index in [2.05, 4.69) is 48.4 Å². The average molecular weight is 278 g/mol. The van der Waals surface area contributed by atoms with Crippen LogP contribution in [0.25, 0.3) is 11.0 Å². The molecule has 7 heteroatoms. The van der Waals surface area contributed by atoms with E-state index >= 15 is 0 Å². The zero-order valence-electron chi connectivity index (χ0n) is 12.7. The minimum Gasteiger partial charge on any atom is -0.312 e. The smallest absolute Gasteiger partial charge is 0.280 e. The predicted molar refractivity (Wildman–Crippen MR) is 77.5 cm³/mol. The van der Waals surface area contributed by atoms with Crippen LogP contribution in [0.1, 0.15) is 27.7 Å². The van der Waals surface area contributed by atoms with Gasteiger partial charge in [0.2, 0.25) is 0 Å². The highest BCUT2D eigenvalue weighted by Crippen LogP contribution is 2.05. The van der Waals surface area contributed by atoms with Crippen molar-refractivity contribution in [3.8, 4) is 0 Å². The van der Waals surface area contributed by atoms with Crippen LogP contribution in [0.3, 0.4) is 0 Å². The van der Waals surface area contributed by atoms with E-state index in [0.29, 0.717) is 17.6 Å². The second-order valence-corrected chi connectivity index (χ2v) is 6.32. The SMILES string of the molecule is CC(CNC(C)(C)C)Cn1nnc2c(cnn2C)c1=O. The lowest BCUT2D eigenvalue weighted by Crippen LogP contribution is -2.40. The van der Waals surface area contributed by atoms with Crippen molar-refractivity contribution in [1.82, 2.24) is 30.1 Å². The molecule has 0 aromatic carbocycles. The van der Waals surface area contributed by atoms with Gasteiger partial charge < -0.3 is 5.32 Å². The van der Waals surface area contributed by atoms with E-state index in [1.807, 2.05) is 0 Å². The number of rotatable bonds is 4. The first kappa shape index (κ1) is 14.6. The monoisotopic (exact) mass is 278 g/mol. The molecule has 0 saturated heterocycles. The number of nitrogens with zero attached hydrogens (tertiary/aromatic N) is 5. The third kappa shape index (κ3) is 3.22. The first-order valence-corrected chi connectivity index (χ1v) is 6.78. The second kappa shape index (κ2) is 5.32. The van der Waals surface area contributed by atoms with Gasteiger partial charge in [-0.2, -0.15) is 5.10 Å². The Hall–Kier alpha value is -1.76. The lowest BCUT2D eigenvalue weighted by molar-refractivity contribution is 0.344. The molecule has 0 saturated carbocycles. The van der Waals surface area contributed by atoms with Crippen molar-refractivity contribution in [2.75, 3.05) is 6.54 Å². The van der Waals surface area contributed by atoms with Crippen molar-refractivity contribution in [3.05, 3.63) is 16.6 Å². The van der Waals surface area contributed by atoms with Gasteiger partial charge in [0, 0.05) is 12.6 Å². The van der Waals surface area contributed by atoms with Crippen molar-refractivity contribution in [2.45, 2.75) is 39.8 Å². The molecule has 1 atom stereocenters. The van der Waals surface area contributed by atoms with Crippen molar-refractivity contribution < 1.29 is 0 Å². The summed E-state index contributed by atoms with van der Waals surface area (Å²) in [5, 5.41) is 16.0. The molecular formula is C13H22N6O. The van der Waals surface area contributed by atoms with Crippen molar-refractivity contribution in [1.29, 1.82) is 0 Å². The molecule has 2 rings (SSSR count). The van der Waals surface area contributed by atoms with E-state index in [1.165, 1.54) is 4.68 Å². The van der Waals surface area contributed by atoms with Crippen LogP contribution in [0.4, 0.5) is 0 Å². The van der Waals surface area contributed by atoms with Gasteiger partial charge in [-0.15, -0.1) is 5.10 Å². The van der Waals surface area contributed by atoms with Crippen LogP contribution in [0.15, 0.2) is 11.0 Å². The Kier molecular flexibility index (Phi) is 3.89. The molecular weight excluding hydrogens is 256 g/mol. The summed E-state index contributed by atoms with van der Waals surface area (Å²) in [6.45, 7) is 9.80. The fraction of sp³-hybridized carbons (Fsp3) is 0.692. The second-order valence-electron chi connectivity index (χ2n) is 6.32. The average Bonchev–Trinajstić information content (AvgIpc) is 2.72. The minimum absolute atomic E-state index is 0.0677. The van der Waals surface area contributed by atoms with E-state index in [9.17, 15) is 4.79 Å². The summed E-state index contributed by atoms with van der Waals surface area (Å²) in [7, 11) is 1.75. The summed E-state index contributed by atoms with van der Waals surface area (Å²) in [6.07, 6.45) is 1.54. The number of aryl methyl sites for hydroxylation is 1. The van der Waals surface area contributed by atoms with Crippen LogP contribution < -0.4 is 10.9 Å². The van der Waals surface area contributed by atoms with Crippen molar-refractivity contribution >= 4 is 11.0 Å². The molecule has 0 aliphatic heterocycles. The number of hydrogen-bond donors (Lipinski definition) is 1. The van der Waals surface area contributed by atoms with Gasteiger partial charge in [-0.1, -0.05) is 12.1 Å². The minimum atomic E-state index is -0.134. The van der Waals surface area contributed by atoms with E-state index in [-0.39, 0.29) is 17.0 Å². The van der Waals surface area contributed by atoms with Gasteiger partial charge in [-0.05, 0) is 33.2 Å². The lowest BCUT2D eigenvalue weighted by Gasteiger charge is -2.23. The van der Waals surface area contributed by atoms with Crippen LogP contribution in [0.5, 0.6) is 0 Å². The zero-order valence-corrected chi connectivity index (χ0v) is 12.7. The number of nitrogens with one attached hydrogen (secondary N) is 1. The molecule has 2 heterocycles. The maximum atomic E-state index is 12.3. The van der Waals surface area contributed by atoms with Crippen LogP contribution in [-0.4, -0.2) is 36.9 Å². The molecule has 7 nitrogen and oxygen atoms in total. The lowest BCUT2D eigenvalue weighted by atomic mass is 10.1. The number of aromatic nitrogens is 5. The highest BCUT2D eigenvalue weighted by atomic mass is 16.1. The van der Waals surface area contributed by atoms with E-state index < -0.39 is 0 Å². The molecule has 110 valence electrons. The van der Waals surface area contributed by atoms with Crippen molar-refractivity contribution in [2.24, 2.45) is 13.0 Å². The summed E-state index contributed by atoms with van der Waals surface area (Å²) in [5.41, 5.74) is 0.454. The van der Waals surface area contributed by atoms with E-state index in [1.54, 1.807) is 17.9 Å². The van der Waals surface area contributed by atoms with Gasteiger partial charge in [-0.3, -0.25) is 4.79 Å². The maximum absolute atomic E-state index is 12.3. The highest BCUT2D eigenvalue weighted by molar-refractivity contribution is 5.72. The van der Waals surface area contributed by atoms with Crippen LogP contribution in [0, 0.1) is 5.92 Å². The topological polar surface area (TPSA) is 77.6 Å². The van der Waals surface area contributed by atoms with E-state index in [0.717, 1.165) is 6.54 Å². The summed E-state index contributed by atoms with van der Waals surface area (Å²) in [6, 6.07) is 0. The molecule has 0 aliphatic rings.